The van der Waals surface area contributed by atoms with Crippen LogP contribution in [0, 0.1) is 23.7 Å². The van der Waals surface area contributed by atoms with Gasteiger partial charge < -0.3 is 53.2 Å². The van der Waals surface area contributed by atoms with E-state index in [1.807, 2.05) is 45.9 Å². The zero-order valence-electron chi connectivity index (χ0n) is 33.5. The molecule has 4 saturated heterocycles. The van der Waals surface area contributed by atoms with E-state index >= 15 is 0 Å². The van der Waals surface area contributed by atoms with Crippen LogP contribution in [0.15, 0.2) is 47.1 Å². The molecule has 0 aromatic carbocycles. The summed E-state index contributed by atoms with van der Waals surface area (Å²) < 4.78 is 50.5. The van der Waals surface area contributed by atoms with Crippen molar-refractivity contribution in [3.8, 4) is 0 Å². The Kier molecular flexibility index (Phi) is 13.0. The fourth-order valence-corrected chi connectivity index (χ4v) is 9.58. The molecule has 304 valence electrons. The molecule has 2 bridgehead atoms. The van der Waals surface area contributed by atoms with Gasteiger partial charge in [-0.25, -0.2) is 0 Å². The third-order valence-electron chi connectivity index (χ3n) is 13.0. The number of hydrogen-bond acceptors (Lipinski definition) is 12. The lowest BCUT2D eigenvalue weighted by atomic mass is 9.70. The van der Waals surface area contributed by atoms with Crippen molar-refractivity contribution >= 4 is 5.97 Å². The van der Waals surface area contributed by atoms with Crippen LogP contribution in [0.1, 0.15) is 87.0 Å². The van der Waals surface area contributed by atoms with Crippen molar-refractivity contribution in [1.29, 1.82) is 0 Å². The summed E-state index contributed by atoms with van der Waals surface area (Å²) in [5.41, 5.74) is 0.566. The minimum Gasteiger partial charge on any atom is -0.462 e. The maximum atomic E-state index is 14.4. The molecule has 0 aromatic heterocycles. The van der Waals surface area contributed by atoms with E-state index in [2.05, 4.69) is 26.8 Å². The molecule has 17 atom stereocenters. The maximum absolute atomic E-state index is 14.4. The molecule has 3 N–H and O–H groups in total. The second kappa shape index (κ2) is 16.9. The summed E-state index contributed by atoms with van der Waals surface area (Å²) in [4.78, 5) is 14.4. The summed E-state index contributed by atoms with van der Waals surface area (Å²) >= 11 is 0. The van der Waals surface area contributed by atoms with Gasteiger partial charge in [-0.2, -0.15) is 0 Å². The van der Waals surface area contributed by atoms with Crippen molar-refractivity contribution in [3.63, 3.8) is 0 Å². The van der Waals surface area contributed by atoms with Crippen molar-refractivity contribution in [2.24, 2.45) is 23.7 Å². The Morgan fingerprint density at radius 2 is 1.76 bits per heavy atom. The number of rotatable bonds is 6. The SMILES string of the molecule is CCC(C)[C@H]1O[C@]2(CC(O)[C@@H]1C)C[C@@H]1C[C@@H](C/C=C(\C)[C@@H](O[C@H]3C[C@H](OC)[C@@H](O)[C@H](C)O3)[C@@H](C)/C=C/C=C3\CO[C@@H]4[C@H](OC)C(C)=C[C@@H](C(=O)O1)[C@]34O)O2. The lowest BCUT2D eigenvalue weighted by Crippen LogP contribution is -2.60. The van der Waals surface area contributed by atoms with Gasteiger partial charge in [-0.3, -0.25) is 4.79 Å². The minimum atomic E-state index is -1.72. The third kappa shape index (κ3) is 8.08. The lowest BCUT2D eigenvalue weighted by Gasteiger charge is -2.52. The molecular formula is C42H64O12. The van der Waals surface area contributed by atoms with E-state index in [9.17, 15) is 20.1 Å². The van der Waals surface area contributed by atoms with Crippen LogP contribution in [0.4, 0.5) is 0 Å². The molecule has 0 saturated carbocycles. The zero-order valence-corrected chi connectivity index (χ0v) is 33.5. The molecule has 2 unspecified atom stereocenters. The quantitative estimate of drug-likeness (QED) is 0.255. The van der Waals surface area contributed by atoms with E-state index in [-0.39, 0.29) is 43.3 Å². The van der Waals surface area contributed by atoms with Crippen LogP contribution >= 0.6 is 0 Å². The Morgan fingerprint density at radius 1 is 1.00 bits per heavy atom. The van der Waals surface area contributed by atoms with E-state index in [0.717, 1.165) is 17.6 Å². The van der Waals surface area contributed by atoms with Crippen molar-refractivity contribution in [1.82, 2.24) is 0 Å². The number of carbonyl (C=O) groups is 1. The fourth-order valence-electron chi connectivity index (χ4n) is 9.58. The molecule has 54 heavy (non-hydrogen) atoms. The van der Waals surface area contributed by atoms with Crippen LogP contribution in [0.5, 0.6) is 0 Å². The Labute approximate surface area is 320 Å². The van der Waals surface area contributed by atoms with Crippen LogP contribution in [0.25, 0.3) is 0 Å². The van der Waals surface area contributed by atoms with Gasteiger partial charge in [0.25, 0.3) is 0 Å². The fraction of sp³-hybridized carbons (Fsp3) is 0.786. The van der Waals surface area contributed by atoms with Crippen LogP contribution in [0.3, 0.4) is 0 Å². The molecule has 5 aliphatic heterocycles. The van der Waals surface area contributed by atoms with Gasteiger partial charge in [0.2, 0.25) is 0 Å². The van der Waals surface area contributed by atoms with E-state index in [1.54, 1.807) is 20.3 Å². The number of aliphatic hydroxyl groups excluding tert-OH is 2. The first-order valence-corrected chi connectivity index (χ1v) is 20.0. The van der Waals surface area contributed by atoms with E-state index in [1.165, 1.54) is 0 Å². The average molecular weight is 761 g/mol. The number of ether oxygens (including phenoxy) is 8. The zero-order chi connectivity index (χ0) is 39.1. The Morgan fingerprint density at radius 3 is 2.46 bits per heavy atom. The minimum absolute atomic E-state index is 0.0953. The van der Waals surface area contributed by atoms with Crippen LogP contribution in [-0.4, -0.2) is 121 Å². The highest BCUT2D eigenvalue weighted by atomic mass is 16.7. The van der Waals surface area contributed by atoms with Gasteiger partial charge in [0.05, 0.1) is 43.2 Å². The Hall–Kier alpha value is -1.97. The van der Waals surface area contributed by atoms with Crippen molar-refractivity contribution in [3.05, 3.63) is 47.1 Å². The second-order valence-electron chi connectivity index (χ2n) is 16.8. The number of aliphatic hydroxyl groups is 3. The predicted molar refractivity (Wildman–Crippen MR) is 199 cm³/mol. The van der Waals surface area contributed by atoms with Crippen LogP contribution in [0.2, 0.25) is 0 Å². The molecule has 12 nitrogen and oxygen atoms in total. The van der Waals surface area contributed by atoms with Gasteiger partial charge in [0.1, 0.15) is 35.9 Å². The highest BCUT2D eigenvalue weighted by molar-refractivity contribution is 5.78. The Balaban J connectivity index is 1.40. The molecule has 0 aromatic rings. The normalized spacial score (nSPS) is 49.1. The average Bonchev–Trinajstić information content (AvgIpc) is 3.47. The summed E-state index contributed by atoms with van der Waals surface area (Å²) in [5.74, 6) is -2.85. The number of allylic oxidation sites excluding steroid dienone is 2. The number of carbonyl (C=O) groups excluding carboxylic acids is 1. The van der Waals surface area contributed by atoms with E-state index in [4.69, 9.17) is 37.9 Å². The van der Waals surface area contributed by atoms with Gasteiger partial charge >= 0.3 is 5.97 Å². The Bertz CT molecular complexity index is 1460. The molecular weight excluding hydrogens is 696 g/mol. The van der Waals surface area contributed by atoms with Crippen LogP contribution < -0.4 is 0 Å². The summed E-state index contributed by atoms with van der Waals surface area (Å²) in [5, 5.41) is 34.6. The molecule has 1 aliphatic carbocycles. The van der Waals surface area contributed by atoms with Gasteiger partial charge in [-0.05, 0) is 49.8 Å². The summed E-state index contributed by atoms with van der Waals surface area (Å²) in [6.45, 7) is 14.1. The molecule has 12 heteroatoms. The summed E-state index contributed by atoms with van der Waals surface area (Å²) in [6.07, 6.45) is 6.15. The van der Waals surface area contributed by atoms with Gasteiger partial charge in [0, 0.05) is 51.7 Å². The monoisotopic (exact) mass is 760 g/mol. The van der Waals surface area contributed by atoms with Gasteiger partial charge in [-0.1, -0.05) is 64.5 Å². The smallest absolute Gasteiger partial charge is 0.316 e. The largest absolute Gasteiger partial charge is 0.462 e. The first-order valence-electron chi connectivity index (χ1n) is 20.0. The molecule has 4 fully saturated rings. The summed E-state index contributed by atoms with van der Waals surface area (Å²) in [6, 6.07) is 0. The second-order valence-corrected chi connectivity index (χ2v) is 16.8. The lowest BCUT2D eigenvalue weighted by molar-refractivity contribution is -0.354. The van der Waals surface area contributed by atoms with E-state index in [0.29, 0.717) is 24.8 Å². The summed E-state index contributed by atoms with van der Waals surface area (Å²) in [7, 11) is 3.15. The van der Waals surface area contributed by atoms with Crippen molar-refractivity contribution in [2.75, 3.05) is 20.8 Å². The van der Waals surface area contributed by atoms with Gasteiger partial charge in [-0.15, -0.1) is 0 Å². The van der Waals surface area contributed by atoms with Crippen LogP contribution in [-0.2, 0) is 42.7 Å². The third-order valence-corrected chi connectivity index (χ3v) is 13.0. The van der Waals surface area contributed by atoms with E-state index < -0.39 is 84.5 Å². The highest BCUT2D eigenvalue weighted by Gasteiger charge is 2.61. The van der Waals surface area contributed by atoms with Crippen molar-refractivity contribution < 1.29 is 58.0 Å². The first kappa shape index (κ1) is 41.7. The topological polar surface area (TPSA) is 152 Å². The number of hydrogen-bond donors (Lipinski definition) is 3. The standard InChI is InChI=1S/C42H64O12/c1-10-22(2)37-26(6)32(43)20-41(54-37)19-30-17-29(53-41)15-14-24(4)36(52-34-18-33(47-8)35(44)27(7)50-34)23(3)12-11-13-28-21-49-39-38(48-9)25(5)16-31(40(45)51-30)42(28,39)46/h11-14,16,22-23,26-27,29-39,43-44,46H,10,15,17-21H2,1-9H3/b12-11+,24-14+,28-13+/t22?,23-,26-,27-,29+,30-,31-,32?,33-,34-,35-,36-,37+,38+,39+,41-,42+/m0/s1. The molecule has 1 spiro atoms. The molecule has 0 radical (unpaired) electrons. The predicted octanol–water partition coefficient (Wildman–Crippen LogP) is 4.69. The number of methoxy groups -OCH3 is 2. The van der Waals surface area contributed by atoms with Crippen molar-refractivity contribution in [2.45, 2.75) is 166 Å². The first-order chi connectivity index (χ1) is 25.6. The molecule has 6 rings (SSSR count). The molecule has 5 heterocycles. The number of fused-ring (bicyclic) bond motifs is 2. The molecule has 6 aliphatic rings. The highest BCUT2D eigenvalue weighted by Crippen LogP contribution is 2.48. The number of esters is 1. The maximum Gasteiger partial charge on any atom is 0.316 e. The molecule has 0 amide bonds. The van der Waals surface area contributed by atoms with Gasteiger partial charge in [0.15, 0.2) is 12.1 Å².